The van der Waals surface area contributed by atoms with Gasteiger partial charge in [0.1, 0.15) is 6.29 Å². The highest BCUT2D eigenvalue weighted by molar-refractivity contribution is 5.49. The van der Waals surface area contributed by atoms with E-state index in [2.05, 4.69) is 19.9 Å². The summed E-state index contributed by atoms with van der Waals surface area (Å²) >= 11 is 0. The van der Waals surface area contributed by atoms with Crippen molar-refractivity contribution in [2.45, 2.75) is 52.4 Å². The van der Waals surface area contributed by atoms with E-state index < -0.39 is 0 Å². The molecular formula is C14H26O2. The maximum Gasteiger partial charge on any atom is 0.120 e. The standard InChI is InChI=1S/C14H26O2/c1-13(9-5-11-15)7-4-8-14(2)10-6-12-16-3/h7,11,14H,4-6,8-10,12H2,1-3H3. The Morgan fingerprint density at radius 2 is 2.06 bits per heavy atom. The van der Waals surface area contributed by atoms with Gasteiger partial charge in [-0.3, -0.25) is 0 Å². The summed E-state index contributed by atoms with van der Waals surface area (Å²) in [6.07, 6.45) is 9.62. The first-order valence-corrected chi connectivity index (χ1v) is 6.29. The minimum atomic E-state index is 0.658. The molecule has 0 saturated heterocycles. The van der Waals surface area contributed by atoms with Crippen molar-refractivity contribution in [3.63, 3.8) is 0 Å². The molecule has 0 aromatic heterocycles. The fourth-order valence-electron chi connectivity index (χ4n) is 1.72. The molecule has 0 bridgehead atoms. The van der Waals surface area contributed by atoms with Gasteiger partial charge in [0.15, 0.2) is 0 Å². The number of methoxy groups -OCH3 is 1. The topological polar surface area (TPSA) is 26.3 Å². The van der Waals surface area contributed by atoms with Crippen molar-refractivity contribution < 1.29 is 9.53 Å². The molecule has 16 heavy (non-hydrogen) atoms. The molecule has 0 aliphatic heterocycles. The molecule has 1 atom stereocenters. The second-order valence-electron chi connectivity index (χ2n) is 4.57. The first-order chi connectivity index (χ1) is 7.70. The summed E-state index contributed by atoms with van der Waals surface area (Å²) in [5, 5.41) is 0. The van der Waals surface area contributed by atoms with Crippen molar-refractivity contribution in [2.24, 2.45) is 5.92 Å². The first kappa shape index (κ1) is 15.4. The van der Waals surface area contributed by atoms with Crippen LogP contribution in [0.5, 0.6) is 0 Å². The quantitative estimate of drug-likeness (QED) is 0.322. The number of carbonyl (C=O) groups is 1. The van der Waals surface area contributed by atoms with Crippen LogP contribution in [0.3, 0.4) is 0 Å². The molecule has 0 spiro atoms. The molecule has 0 aliphatic rings. The van der Waals surface area contributed by atoms with Crippen LogP contribution in [-0.4, -0.2) is 20.0 Å². The van der Waals surface area contributed by atoms with Crippen LogP contribution in [-0.2, 0) is 9.53 Å². The van der Waals surface area contributed by atoms with Gasteiger partial charge < -0.3 is 9.53 Å². The van der Waals surface area contributed by atoms with Gasteiger partial charge >= 0.3 is 0 Å². The van der Waals surface area contributed by atoms with Crippen molar-refractivity contribution >= 4 is 6.29 Å². The molecular weight excluding hydrogens is 200 g/mol. The maximum absolute atomic E-state index is 10.2. The van der Waals surface area contributed by atoms with Gasteiger partial charge in [0.2, 0.25) is 0 Å². The van der Waals surface area contributed by atoms with Crippen LogP contribution in [0.1, 0.15) is 52.4 Å². The number of ether oxygens (including phenoxy) is 1. The van der Waals surface area contributed by atoms with E-state index >= 15 is 0 Å². The van der Waals surface area contributed by atoms with Crippen molar-refractivity contribution in [2.75, 3.05) is 13.7 Å². The van der Waals surface area contributed by atoms with Crippen LogP contribution in [0.25, 0.3) is 0 Å². The Kier molecular flexibility index (Phi) is 10.4. The van der Waals surface area contributed by atoms with Gasteiger partial charge in [-0.05, 0) is 44.9 Å². The van der Waals surface area contributed by atoms with E-state index in [1.807, 2.05) is 0 Å². The SMILES string of the molecule is COCCCC(C)CCC=C(C)CCC=O. The molecule has 2 heteroatoms. The molecule has 0 N–H and O–H groups in total. The minimum Gasteiger partial charge on any atom is -0.385 e. The van der Waals surface area contributed by atoms with Gasteiger partial charge in [0.05, 0.1) is 0 Å². The second-order valence-corrected chi connectivity index (χ2v) is 4.57. The fraction of sp³-hybridized carbons (Fsp3) is 0.786. The summed E-state index contributed by atoms with van der Waals surface area (Å²) in [7, 11) is 1.75. The predicted octanol–water partition coefficient (Wildman–Crippen LogP) is 3.75. The normalized spacial score (nSPS) is 13.8. The average molecular weight is 226 g/mol. The van der Waals surface area contributed by atoms with Crippen LogP contribution < -0.4 is 0 Å². The zero-order chi connectivity index (χ0) is 12.2. The van der Waals surface area contributed by atoms with E-state index in [0.717, 1.165) is 38.1 Å². The Morgan fingerprint density at radius 3 is 2.69 bits per heavy atom. The zero-order valence-corrected chi connectivity index (χ0v) is 11.0. The number of hydrogen-bond acceptors (Lipinski definition) is 2. The van der Waals surface area contributed by atoms with Crippen LogP contribution in [0, 0.1) is 5.92 Å². The van der Waals surface area contributed by atoms with Crippen LogP contribution in [0.4, 0.5) is 0 Å². The lowest BCUT2D eigenvalue weighted by Gasteiger charge is -2.09. The molecule has 0 fully saturated rings. The molecule has 94 valence electrons. The number of aldehydes is 1. The third-order valence-electron chi connectivity index (χ3n) is 2.85. The van der Waals surface area contributed by atoms with Crippen molar-refractivity contribution in [3.05, 3.63) is 11.6 Å². The van der Waals surface area contributed by atoms with Gasteiger partial charge in [-0.25, -0.2) is 0 Å². The molecule has 0 radical (unpaired) electrons. The maximum atomic E-state index is 10.2. The summed E-state index contributed by atoms with van der Waals surface area (Å²) in [6.45, 7) is 5.28. The van der Waals surface area contributed by atoms with E-state index in [1.165, 1.54) is 18.4 Å². The molecule has 0 rings (SSSR count). The molecule has 0 aromatic carbocycles. The Labute approximate surface area is 100 Å². The number of allylic oxidation sites excluding steroid dienone is 2. The largest absolute Gasteiger partial charge is 0.385 e. The first-order valence-electron chi connectivity index (χ1n) is 6.29. The lowest BCUT2D eigenvalue weighted by atomic mass is 9.99. The fourth-order valence-corrected chi connectivity index (χ4v) is 1.72. The molecule has 1 unspecified atom stereocenters. The molecule has 2 nitrogen and oxygen atoms in total. The summed E-state index contributed by atoms with van der Waals surface area (Å²) in [5.74, 6) is 0.769. The molecule has 0 aromatic rings. The van der Waals surface area contributed by atoms with E-state index in [9.17, 15) is 4.79 Å². The van der Waals surface area contributed by atoms with Crippen LogP contribution >= 0.6 is 0 Å². The number of carbonyl (C=O) groups excluding carboxylic acids is 1. The zero-order valence-electron chi connectivity index (χ0n) is 11.0. The smallest absolute Gasteiger partial charge is 0.120 e. The highest BCUT2D eigenvalue weighted by atomic mass is 16.5. The predicted molar refractivity (Wildman–Crippen MR) is 68.6 cm³/mol. The summed E-state index contributed by atoms with van der Waals surface area (Å²) in [6, 6.07) is 0. The third-order valence-corrected chi connectivity index (χ3v) is 2.85. The average Bonchev–Trinajstić information content (AvgIpc) is 2.26. The van der Waals surface area contributed by atoms with Gasteiger partial charge in [-0.15, -0.1) is 0 Å². The van der Waals surface area contributed by atoms with E-state index in [4.69, 9.17) is 4.74 Å². The highest BCUT2D eigenvalue weighted by Gasteiger charge is 2.00. The summed E-state index contributed by atoms with van der Waals surface area (Å²) in [4.78, 5) is 10.2. The Morgan fingerprint density at radius 1 is 1.31 bits per heavy atom. The Bertz CT molecular complexity index is 197. The van der Waals surface area contributed by atoms with E-state index in [0.29, 0.717) is 6.42 Å². The van der Waals surface area contributed by atoms with Crippen molar-refractivity contribution in [3.8, 4) is 0 Å². The second kappa shape index (κ2) is 10.9. The van der Waals surface area contributed by atoms with Gasteiger partial charge in [-0.2, -0.15) is 0 Å². The molecule has 0 saturated carbocycles. The monoisotopic (exact) mass is 226 g/mol. The third kappa shape index (κ3) is 9.91. The Balaban J connectivity index is 3.51. The van der Waals surface area contributed by atoms with Gasteiger partial charge in [0.25, 0.3) is 0 Å². The van der Waals surface area contributed by atoms with E-state index in [-0.39, 0.29) is 0 Å². The van der Waals surface area contributed by atoms with E-state index in [1.54, 1.807) is 7.11 Å². The molecule has 0 aliphatic carbocycles. The summed E-state index contributed by atoms with van der Waals surface area (Å²) in [5.41, 5.74) is 1.34. The number of hydrogen-bond donors (Lipinski definition) is 0. The van der Waals surface area contributed by atoms with Crippen LogP contribution in [0.15, 0.2) is 11.6 Å². The number of rotatable bonds is 10. The van der Waals surface area contributed by atoms with Crippen molar-refractivity contribution in [1.82, 2.24) is 0 Å². The lowest BCUT2D eigenvalue weighted by Crippen LogP contribution is -1.97. The van der Waals surface area contributed by atoms with Gasteiger partial charge in [0, 0.05) is 20.1 Å². The summed E-state index contributed by atoms with van der Waals surface area (Å²) < 4.78 is 5.03. The van der Waals surface area contributed by atoms with Crippen molar-refractivity contribution in [1.29, 1.82) is 0 Å². The van der Waals surface area contributed by atoms with Crippen LogP contribution in [0.2, 0.25) is 0 Å². The Hall–Kier alpha value is -0.630. The lowest BCUT2D eigenvalue weighted by molar-refractivity contribution is -0.107. The highest BCUT2D eigenvalue weighted by Crippen LogP contribution is 2.14. The molecule has 0 heterocycles. The van der Waals surface area contributed by atoms with Gasteiger partial charge in [-0.1, -0.05) is 18.6 Å². The minimum absolute atomic E-state index is 0.658. The molecule has 0 amide bonds.